The number of rotatable bonds is 4. The fourth-order valence-corrected chi connectivity index (χ4v) is 3.22. The van der Waals surface area contributed by atoms with Crippen molar-refractivity contribution in [1.82, 2.24) is 15.1 Å². The quantitative estimate of drug-likeness (QED) is 0.525. The van der Waals surface area contributed by atoms with Crippen molar-refractivity contribution in [3.63, 3.8) is 0 Å². The van der Waals surface area contributed by atoms with Crippen molar-refractivity contribution in [1.29, 1.82) is 0 Å². The number of benzene rings is 2. The average molecular weight is 351 g/mol. The Balaban J connectivity index is 1.51. The van der Waals surface area contributed by atoms with Crippen LogP contribution in [0.2, 0.25) is 0 Å². The van der Waals surface area contributed by atoms with Gasteiger partial charge < -0.3 is 4.52 Å². The molecule has 0 aliphatic heterocycles. The Kier molecular flexibility index (Phi) is 4.11. The number of halogens is 1. The van der Waals surface area contributed by atoms with E-state index in [9.17, 15) is 4.39 Å². The van der Waals surface area contributed by atoms with Crippen LogP contribution in [0.25, 0.3) is 22.6 Å². The maximum atomic E-state index is 13.0. The van der Waals surface area contributed by atoms with Crippen LogP contribution in [0.3, 0.4) is 0 Å². The SMILES string of the molecule is Cc1ccc(-c2noc(Cc3nc(-c4ccc(F)cc4)cs3)n2)cc1. The summed E-state index contributed by atoms with van der Waals surface area (Å²) in [5.74, 6) is 0.842. The van der Waals surface area contributed by atoms with Gasteiger partial charge in [-0.2, -0.15) is 4.98 Å². The van der Waals surface area contributed by atoms with Crippen LogP contribution in [-0.4, -0.2) is 15.1 Å². The molecule has 0 saturated carbocycles. The number of thiazole rings is 1. The minimum atomic E-state index is -0.256. The summed E-state index contributed by atoms with van der Waals surface area (Å²) >= 11 is 1.52. The molecule has 124 valence electrons. The standard InChI is InChI=1S/C19H14FN3OS/c1-12-2-4-14(5-3-12)19-22-17(24-23-19)10-18-21-16(11-25-18)13-6-8-15(20)9-7-13/h2-9,11H,10H2,1H3. The van der Waals surface area contributed by atoms with Gasteiger partial charge in [-0.25, -0.2) is 9.37 Å². The van der Waals surface area contributed by atoms with Gasteiger partial charge in [-0.3, -0.25) is 0 Å². The smallest absolute Gasteiger partial charge is 0.233 e. The Labute approximate surface area is 148 Å². The average Bonchev–Trinajstić information content (AvgIpc) is 3.27. The first-order valence-corrected chi connectivity index (χ1v) is 8.65. The van der Waals surface area contributed by atoms with Gasteiger partial charge in [0.2, 0.25) is 11.7 Å². The molecule has 6 heteroatoms. The summed E-state index contributed by atoms with van der Waals surface area (Å²) in [5.41, 5.74) is 3.81. The van der Waals surface area contributed by atoms with Gasteiger partial charge in [0.1, 0.15) is 10.8 Å². The Morgan fingerprint density at radius 1 is 0.960 bits per heavy atom. The monoisotopic (exact) mass is 351 g/mol. The second-order valence-electron chi connectivity index (χ2n) is 5.69. The maximum Gasteiger partial charge on any atom is 0.233 e. The first-order chi connectivity index (χ1) is 12.2. The number of aromatic nitrogens is 3. The lowest BCUT2D eigenvalue weighted by atomic mass is 10.1. The van der Waals surface area contributed by atoms with Crippen LogP contribution in [0.4, 0.5) is 4.39 Å². The van der Waals surface area contributed by atoms with E-state index in [1.165, 1.54) is 29.0 Å². The summed E-state index contributed by atoms with van der Waals surface area (Å²) in [4.78, 5) is 9.01. The van der Waals surface area contributed by atoms with Crippen LogP contribution >= 0.6 is 11.3 Å². The lowest BCUT2D eigenvalue weighted by Crippen LogP contribution is -1.88. The van der Waals surface area contributed by atoms with Crippen LogP contribution in [0.1, 0.15) is 16.5 Å². The summed E-state index contributed by atoms with van der Waals surface area (Å²) in [6.45, 7) is 2.03. The highest BCUT2D eigenvalue weighted by atomic mass is 32.1. The molecule has 0 N–H and O–H groups in total. The predicted octanol–water partition coefficient (Wildman–Crippen LogP) is 4.90. The minimum absolute atomic E-state index is 0.256. The molecule has 2 aromatic heterocycles. The largest absolute Gasteiger partial charge is 0.339 e. The first-order valence-electron chi connectivity index (χ1n) is 7.77. The lowest BCUT2D eigenvalue weighted by molar-refractivity contribution is 0.385. The highest BCUT2D eigenvalue weighted by molar-refractivity contribution is 7.10. The Hall–Kier alpha value is -2.86. The van der Waals surface area contributed by atoms with Crippen molar-refractivity contribution >= 4 is 11.3 Å². The molecular weight excluding hydrogens is 337 g/mol. The number of aryl methyl sites for hydroxylation is 1. The van der Waals surface area contributed by atoms with Crippen LogP contribution in [0, 0.1) is 12.7 Å². The van der Waals surface area contributed by atoms with Crippen molar-refractivity contribution in [3.8, 4) is 22.6 Å². The van der Waals surface area contributed by atoms with Crippen molar-refractivity contribution < 1.29 is 8.91 Å². The van der Waals surface area contributed by atoms with E-state index in [2.05, 4.69) is 15.1 Å². The van der Waals surface area contributed by atoms with Crippen LogP contribution in [0.15, 0.2) is 58.4 Å². The van der Waals surface area contributed by atoms with Gasteiger partial charge in [0.25, 0.3) is 0 Å². The van der Waals surface area contributed by atoms with E-state index in [1.807, 2.05) is 36.6 Å². The Morgan fingerprint density at radius 3 is 2.44 bits per heavy atom. The summed E-state index contributed by atoms with van der Waals surface area (Å²) in [5, 5.41) is 6.85. The van der Waals surface area contributed by atoms with E-state index in [0.717, 1.165) is 21.8 Å². The molecule has 0 atom stereocenters. The second-order valence-corrected chi connectivity index (χ2v) is 6.63. The molecule has 4 rings (SSSR count). The van der Waals surface area contributed by atoms with E-state index in [-0.39, 0.29) is 5.82 Å². The molecule has 2 heterocycles. The molecular formula is C19H14FN3OS. The third kappa shape index (κ3) is 3.49. The zero-order valence-electron chi connectivity index (χ0n) is 13.4. The van der Waals surface area contributed by atoms with E-state index in [1.54, 1.807) is 12.1 Å². The topological polar surface area (TPSA) is 51.8 Å². The van der Waals surface area contributed by atoms with Crippen molar-refractivity contribution in [2.45, 2.75) is 13.3 Å². The molecule has 4 nitrogen and oxygen atoms in total. The predicted molar refractivity (Wildman–Crippen MR) is 94.8 cm³/mol. The van der Waals surface area contributed by atoms with Crippen molar-refractivity contribution in [3.05, 3.63) is 76.2 Å². The van der Waals surface area contributed by atoms with E-state index in [4.69, 9.17) is 4.52 Å². The lowest BCUT2D eigenvalue weighted by Gasteiger charge is -1.95. The van der Waals surface area contributed by atoms with Gasteiger partial charge >= 0.3 is 0 Å². The maximum absolute atomic E-state index is 13.0. The highest BCUT2D eigenvalue weighted by Crippen LogP contribution is 2.24. The summed E-state index contributed by atoms with van der Waals surface area (Å²) in [7, 11) is 0. The molecule has 4 aromatic rings. The van der Waals surface area contributed by atoms with E-state index in [0.29, 0.717) is 18.1 Å². The second kappa shape index (κ2) is 6.57. The normalized spacial score (nSPS) is 11.0. The van der Waals surface area contributed by atoms with Crippen LogP contribution in [0.5, 0.6) is 0 Å². The molecule has 0 bridgehead atoms. The number of nitrogens with zero attached hydrogens (tertiary/aromatic N) is 3. The zero-order valence-corrected chi connectivity index (χ0v) is 14.3. The first kappa shape index (κ1) is 15.7. The van der Waals surface area contributed by atoms with Gasteiger partial charge in [-0.05, 0) is 31.2 Å². The zero-order chi connectivity index (χ0) is 17.2. The number of hydrogen-bond donors (Lipinski definition) is 0. The molecule has 0 aliphatic carbocycles. The van der Waals surface area contributed by atoms with Crippen molar-refractivity contribution in [2.75, 3.05) is 0 Å². The Bertz CT molecular complexity index is 908. The third-order valence-electron chi connectivity index (χ3n) is 3.77. The van der Waals surface area contributed by atoms with E-state index >= 15 is 0 Å². The number of hydrogen-bond acceptors (Lipinski definition) is 5. The molecule has 0 fully saturated rings. The molecule has 0 aliphatic rings. The summed E-state index contributed by atoms with van der Waals surface area (Å²) in [6.07, 6.45) is 0.477. The molecule has 0 unspecified atom stereocenters. The van der Waals surface area contributed by atoms with Gasteiger partial charge in [0.15, 0.2) is 0 Å². The minimum Gasteiger partial charge on any atom is -0.339 e. The van der Waals surface area contributed by atoms with Crippen LogP contribution < -0.4 is 0 Å². The summed E-state index contributed by atoms with van der Waals surface area (Å²) in [6, 6.07) is 14.3. The van der Waals surface area contributed by atoms with Gasteiger partial charge in [0, 0.05) is 16.5 Å². The molecule has 2 aromatic carbocycles. The highest BCUT2D eigenvalue weighted by Gasteiger charge is 2.12. The molecule has 0 amide bonds. The molecule has 0 radical (unpaired) electrons. The molecule has 0 saturated heterocycles. The summed E-state index contributed by atoms with van der Waals surface area (Å²) < 4.78 is 18.4. The third-order valence-corrected chi connectivity index (χ3v) is 4.62. The fraction of sp³-hybridized carbons (Fsp3) is 0.105. The molecule has 25 heavy (non-hydrogen) atoms. The van der Waals surface area contributed by atoms with Gasteiger partial charge in [0.05, 0.1) is 12.1 Å². The van der Waals surface area contributed by atoms with E-state index < -0.39 is 0 Å². The van der Waals surface area contributed by atoms with Crippen molar-refractivity contribution in [2.24, 2.45) is 0 Å². The van der Waals surface area contributed by atoms with Gasteiger partial charge in [-0.1, -0.05) is 35.0 Å². The Morgan fingerprint density at radius 2 is 1.68 bits per heavy atom. The fourth-order valence-electron chi connectivity index (χ4n) is 2.42. The molecule has 0 spiro atoms. The van der Waals surface area contributed by atoms with Gasteiger partial charge in [-0.15, -0.1) is 11.3 Å². The van der Waals surface area contributed by atoms with Crippen LogP contribution in [-0.2, 0) is 6.42 Å².